The number of nitrogens with zero attached hydrogens (tertiary/aromatic N) is 1. The zero-order valence-electron chi connectivity index (χ0n) is 18.9. The Bertz CT molecular complexity index is 1010. The van der Waals surface area contributed by atoms with Gasteiger partial charge in [-0.2, -0.15) is 0 Å². The molecule has 2 aliphatic carbocycles. The number of fused-ring (bicyclic) bond motifs is 2. The fourth-order valence-electron chi connectivity index (χ4n) is 6.27. The fraction of sp³-hybridized carbons (Fsp3) is 0.519. The Morgan fingerprint density at radius 1 is 1.00 bits per heavy atom. The molecule has 1 saturated heterocycles. The van der Waals surface area contributed by atoms with Gasteiger partial charge in [0.05, 0.1) is 0 Å². The molecule has 2 aromatic rings. The summed E-state index contributed by atoms with van der Waals surface area (Å²) < 4.78 is 11.0. The molecule has 2 aliphatic heterocycles. The van der Waals surface area contributed by atoms with Crippen molar-refractivity contribution in [3.8, 4) is 11.5 Å². The van der Waals surface area contributed by atoms with Gasteiger partial charge >= 0.3 is 0 Å². The largest absolute Gasteiger partial charge is 0.454 e. The van der Waals surface area contributed by atoms with Crippen molar-refractivity contribution in [3.63, 3.8) is 0 Å². The minimum atomic E-state index is -1.54. The van der Waals surface area contributed by atoms with Crippen LogP contribution in [0.2, 0.25) is 0 Å². The van der Waals surface area contributed by atoms with Crippen LogP contribution in [0.1, 0.15) is 43.2 Å². The summed E-state index contributed by atoms with van der Waals surface area (Å²) >= 11 is 0. The predicted octanol–water partition coefficient (Wildman–Crippen LogP) is 3.43. The van der Waals surface area contributed by atoms with Gasteiger partial charge in [0.2, 0.25) is 6.79 Å². The summed E-state index contributed by atoms with van der Waals surface area (Å²) in [6.45, 7) is 3.13. The summed E-state index contributed by atoms with van der Waals surface area (Å²) in [6, 6.07) is 16.1. The summed E-state index contributed by atoms with van der Waals surface area (Å²) in [7, 11) is 0. The second-order valence-corrected chi connectivity index (χ2v) is 10.2. The Morgan fingerprint density at radius 3 is 2.48 bits per heavy atom. The number of piperidine rings is 1. The summed E-state index contributed by atoms with van der Waals surface area (Å²) in [5.41, 5.74) is 0.406. The number of aliphatic hydroxyl groups is 1. The maximum absolute atomic E-state index is 13.7. The van der Waals surface area contributed by atoms with Gasteiger partial charge in [-0.1, -0.05) is 55.7 Å². The molecule has 0 radical (unpaired) electrons. The van der Waals surface area contributed by atoms with Crippen LogP contribution in [-0.4, -0.2) is 41.8 Å². The first kappa shape index (κ1) is 21.0. The van der Waals surface area contributed by atoms with Crippen LogP contribution in [0, 0.1) is 17.8 Å². The summed E-state index contributed by atoms with van der Waals surface area (Å²) in [5.74, 6) is 1.90. The van der Waals surface area contributed by atoms with Crippen molar-refractivity contribution in [2.24, 2.45) is 17.8 Å². The zero-order chi connectivity index (χ0) is 22.4. The molecule has 0 aromatic heterocycles. The van der Waals surface area contributed by atoms with E-state index in [0.29, 0.717) is 28.9 Å². The molecule has 6 rings (SSSR count). The lowest BCUT2D eigenvalue weighted by molar-refractivity contribution is -0.149. The third-order valence-electron chi connectivity index (χ3n) is 8.17. The normalized spacial score (nSPS) is 28.2. The highest BCUT2D eigenvalue weighted by atomic mass is 16.7. The molecular weight excluding hydrogens is 416 g/mol. The minimum Gasteiger partial charge on any atom is -0.454 e. The summed E-state index contributed by atoms with van der Waals surface area (Å²) in [4.78, 5) is 16.1. The van der Waals surface area contributed by atoms with Crippen LogP contribution in [0.5, 0.6) is 11.5 Å². The number of hydrogen-bond donors (Lipinski definition) is 2. The Kier molecular flexibility index (Phi) is 5.30. The monoisotopic (exact) mass is 448 g/mol. The Labute approximate surface area is 194 Å². The molecule has 4 aliphatic rings. The van der Waals surface area contributed by atoms with Crippen LogP contribution in [0.4, 0.5) is 0 Å². The van der Waals surface area contributed by atoms with Crippen LogP contribution in [0.25, 0.3) is 0 Å². The molecule has 33 heavy (non-hydrogen) atoms. The van der Waals surface area contributed by atoms with Gasteiger partial charge in [0.1, 0.15) is 0 Å². The van der Waals surface area contributed by atoms with Gasteiger partial charge in [-0.05, 0) is 47.9 Å². The SMILES string of the molecule is O=C(NC1C2CN(Cc3ccccc3)CC21)C(O)(c1ccc2c(c1)OCO2)C1CCCCC1. The maximum atomic E-state index is 13.7. The second-order valence-electron chi connectivity index (χ2n) is 10.2. The van der Waals surface area contributed by atoms with Crippen molar-refractivity contribution in [3.05, 3.63) is 59.7 Å². The first-order valence-corrected chi connectivity index (χ1v) is 12.3. The zero-order valence-corrected chi connectivity index (χ0v) is 18.9. The molecule has 2 saturated carbocycles. The number of amides is 1. The van der Waals surface area contributed by atoms with Crippen LogP contribution in [-0.2, 0) is 16.9 Å². The number of carbonyl (C=O) groups is 1. The number of rotatable bonds is 6. The molecular formula is C27H32N2O4. The van der Waals surface area contributed by atoms with E-state index in [9.17, 15) is 9.90 Å². The molecule has 2 heterocycles. The van der Waals surface area contributed by atoms with E-state index in [1.807, 2.05) is 18.2 Å². The highest BCUT2D eigenvalue weighted by Crippen LogP contribution is 2.48. The Hall–Kier alpha value is -2.57. The molecule has 2 aromatic carbocycles. The van der Waals surface area contributed by atoms with Crippen molar-refractivity contribution in [1.29, 1.82) is 0 Å². The van der Waals surface area contributed by atoms with E-state index in [-0.39, 0.29) is 24.7 Å². The summed E-state index contributed by atoms with van der Waals surface area (Å²) in [5, 5.41) is 15.2. The van der Waals surface area contributed by atoms with E-state index in [4.69, 9.17) is 9.47 Å². The van der Waals surface area contributed by atoms with E-state index in [1.54, 1.807) is 6.07 Å². The molecule has 0 spiro atoms. The molecule has 2 N–H and O–H groups in total. The number of carbonyl (C=O) groups excluding carboxylic acids is 1. The lowest BCUT2D eigenvalue weighted by Gasteiger charge is -2.38. The average molecular weight is 449 g/mol. The van der Waals surface area contributed by atoms with Crippen LogP contribution < -0.4 is 14.8 Å². The number of likely N-dealkylation sites (tertiary alicyclic amines) is 1. The van der Waals surface area contributed by atoms with Gasteiger partial charge in [0.15, 0.2) is 17.1 Å². The van der Waals surface area contributed by atoms with E-state index in [1.165, 1.54) is 12.0 Å². The quantitative estimate of drug-likeness (QED) is 0.709. The second kappa shape index (κ2) is 8.33. The first-order valence-electron chi connectivity index (χ1n) is 12.3. The Morgan fingerprint density at radius 2 is 1.73 bits per heavy atom. The molecule has 3 atom stereocenters. The van der Waals surface area contributed by atoms with E-state index in [0.717, 1.165) is 45.3 Å². The van der Waals surface area contributed by atoms with E-state index < -0.39 is 5.60 Å². The lowest BCUT2D eigenvalue weighted by atomic mass is 9.72. The molecule has 174 valence electrons. The topological polar surface area (TPSA) is 71.0 Å². The first-order chi connectivity index (χ1) is 16.1. The van der Waals surface area contributed by atoms with Gasteiger partial charge in [-0.3, -0.25) is 9.69 Å². The molecule has 3 unspecified atom stereocenters. The summed E-state index contributed by atoms with van der Waals surface area (Å²) in [6.07, 6.45) is 4.99. The van der Waals surface area contributed by atoms with E-state index in [2.05, 4.69) is 34.5 Å². The molecule has 6 heteroatoms. The van der Waals surface area contributed by atoms with Crippen LogP contribution in [0.15, 0.2) is 48.5 Å². The fourth-order valence-corrected chi connectivity index (χ4v) is 6.27. The van der Waals surface area contributed by atoms with E-state index >= 15 is 0 Å². The van der Waals surface area contributed by atoms with Crippen LogP contribution >= 0.6 is 0 Å². The minimum absolute atomic E-state index is 0.0835. The van der Waals surface area contributed by atoms with Gasteiger partial charge in [-0.15, -0.1) is 0 Å². The number of nitrogens with one attached hydrogen (secondary N) is 1. The highest BCUT2D eigenvalue weighted by molar-refractivity contribution is 5.87. The smallest absolute Gasteiger partial charge is 0.257 e. The maximum Gasteiger partial charge on any atom is 0.257 e. The van der Waals surface area contributed by atoms with Gasteiger partial charge in [-0.25, -0.2) is 0 Å². The molecule has 0 bridgehead atoms. The number of benzene rings is 2. The molecule has 3 fully saturated rings. The van der Waals surface area contributed by atoms with Crippen molar-refractivity contribution in [2.45, 2.75) is 50.3 Å². The number of hydrogen-bond acceptors (Lipinski definition) is 5. The standard InChI is InChI=1S/C27H32N2O4/c30-26(28-25-21-15-29(16-22(21)25)14-18-7-3-1-4-8-18)27(31,19-9-5-2-6-10-19)20-11-12-23-24(13-20)33-17-32-23/h1,3-4,7-8,11-13,19,21-22,25,31H,2,5-6,9-10,14-17H2,(H,28,30). The number of ether oxygens (including phenoxy) is 2. The van der Waals surface area contributed by atoms with Crippen molar-refractivity contribution in [2.75, 3.05) is 19.9 Å². The highest BCUT2D eigenvalue weighted by Gasteiger charge is 2.58. The predicted molar refractivity (Wildman–Crippen MR) is 124 cm³/mol. The third-order valence-corrected chi connectivity index (χ3v) is 8.17. The molecule has 6 nitrogen and oxygen atoms in total. The Balaban J connectivity index is 1.16. The lowest BCUT2D eigenvalue weighted by Crippen LogP contribution is -2.51. The molecule has 1 amide bonds. The van der Waals surface area contributed by atoms with Crippen molar-refractivity contribution < 1.29 is 19.4 Å². The van der Waals surface area contributed by atoms with Crippen molar-refractivity contribution >= 4 is 5.91 Å². The van der Waals surface area contributed by atoms with Crippen molar-refractivity contribution in [1.82, 2.24) is 10.2 Å². The van der Waals surface area contributed by atoms with Crippen LogP contribution in [0.3, 0.4) is 0 Å². The van der Waals surface area contributed by atoms with Gasteiger partial charge < -0.3 is 19.9 Å². The van der Waals surface area contributed by atoms with Gasteiger partial charge in [0.25, 0.3) is 5.91 Å². The average Bonchev–Trinajstić information content (AvgIpc) is 3.21. The van der Waals surface area contributed by atoms with Gasteiger partial charge in [0, 0.05) is 31.6 Å². The third kappa shape index (κ3) is 3.79.